The molecular weight excluding hydrogens is 280 g/mol. The molecule has 0 fully saturated rings. The predicted molar refractivity (Wildman–Crippen MR) is 66.6 cm³/mol. The minimum Gasteiger partial charge on any atom is -0.477 e. The maximum atomic E-state index is 13.7. The maximum Gasteiger partial charge on any atom is 0.354 e. The first kappa shape index (κ1) is 12.8. The van der Waals surface area contributed by atoms with Crippen molar-refractivity contribution >= 4 is 29.2 Å². The Hall–Kier alpha value is -1.65. The molecule has 6 heteroatoms. The minimum atomic E-state index is -1.24. The van der Waals surface area contributed by atoms with Gasteiger partial charge in [0.25, 0.3) is 0 Å². The summed E-state index contributed by atoms with van der Waals surface area (Å²) in [6.45, 7) is 0. The van der Waals surface area contributed by atoms with Gasteiger partial charge in [0.05, 0.1) is 5.02 Å². The van der Waals surface area contributed by atoms with Crippen LogP contribution in [0.25, 0.3) is 11.3 Å². The van der Waals surface area contributed by atoms with E-state index in [4.69, 9.17) is 28.3 Å². The molecule has 0 radical (unpaired) electrons. The molecule has 3 nitrogen and oxygen atoms in total. The maximum absolute atomic E-state index is 13.7. The van der Waals surface area contributed by atoms with Gasteiger partial charge in [0, 0.05) is 10.6 Å². The van der Waals surface area contributed by atoms with Gasteiger partial charge in [0.1, 0.15) is 17.2 Å². The number of benzene rings is 1. The highest BCUT2D eigenvalue weighted by molar-refractivity contribution is 6.35. The van der Waals surface area contributed by atoms with Crippen LogP contribution in [0.15, 0.2) is 30.3 Å². The number of hydrogen-bond donors (Lipinski definition) is 1. The number of rotatable bonds is 2. The van der Waals surface area contributed by atoms with Gasteiger partial charge in [0.15, 0.2) is 0 Å². The van der Waals surface area contributed by atoms with Crippen molar-refractivity contribution < 1.29 is 14.3 Å². The van der Waals surface area contributed by atoms with E-state index in [-0.39, 0.29) is 22.0 Å². The van der Waals surface area contributed by atoms with Gasteiger partial charge < -0.3 is 5.11 Å². The van der Waals surface area contributed by atoms with Gasteiger partial charge in [-0.3, -0.25) is 0 Å². The van der Waals surface area contributed by atoms with Crippen LogP contribution in [0.2, 0.25) is 10.0 Å². The van der Waals surface area contributed by atoms with Gasteiger partial charge in [-0.25, -0.2) is 14.2 Å². The second kappa shape index (κ2) is 4.92. The summed E-state index contributed by atoms with van der Waals surface area (Å²) in [5.41, 5.74) is -0.144. The second-order valence-electron chi connectivity index (χ2n) is 3.46. The number of carboxylic acid groups (broad SMARTS) is 1. The predicted octanol–water partition coefficient (Wildman–Crippen LogP) is 3.89. The summed E-state index contributed by atoms with van der Waals surface area (Å²) in [4.78, 5) is 14.5. The fraction of sp³-hybridized carbons (Fsp3) is 0. The number of nitrogens with zero attached hydrogens (tertiary/aromatic N) is 1. The molecule has 0 bridgehead atoms. The van der Waals surface area contributed by atoms with Crippen LogP contribution in [0.3, 0.4) is 0 Å². The smallest absolute Gasteiger partial charge is 0.354 e. The lowest BCUT2D eigenvalue weighted by molar-refractivity contribution is 0.0690. The highest BCUT2D eigenvalue weighted by Crippen LogP contribution is 2.31. The van der Waals surface area contributed by atoms with Gasteiger partial charge >= 0.3 is 5.97 Å². The third kappa shape index (κ3) is 2.44. The second-order valence-corrected chi connectivity index (χ2v) is 4.30. The molecule has 0 aliphatic heterocycles. The van der Waals surface area contributed by atoms with E-state index in [9.17, 15) is 9.18 Å². The van der Waals surface area contributed by atoms with Crippen LogP contribution in [0, 0.1) is 5.82 Å². The fourth-order valence-electron chi connectivity index (χ4n) is 1.43. The van der Waals surface area contributed by atoms with E-state index in [1.54, 1.807) is 6.07 Å². The molecular formula is C12H6Cl2FNO2. The number of hydrogen-bond acceptors (Lipinski definition) is 2. The Morgan fingerprint density at radius 2 is 1.94 bits per heavy atom. The van der Waals surface area contributed by atoms with Crippen LogP contribution in [0.5, 0.6) is 0 Å². The molecule has 0 unspecified atom stereocenters. The van der Waals surface area contributed by atoms with Crippen molar-refractivity contribution in [2.24, 2.45) is 0 Å². The molecule has 1 N–H and O–H groups in total. The Bertz CT molecular complexity index is 631. The molecule has 0 aliphatic carbocycles. The molecule has 2 rings (SSSR count). The zero-order chi connectivity index (χ0) is 13.3. The third-order valence-corrected chi connectivity index (χ3v) is 2.81. The summed E-state index contributed by atoms with van der Waals surface area (Å²) in [5.74, 6) is -1.90. The molecule has 18 heavy (non-hydrogen) atoms. The normalized spacial score (nSPS) is 10.4. The molecule has 1 heterocycles. The fourth-order valence-corrected chi connectivity index (χ4v) is 1.81. The highest BCUT2D eigenvalue weighted by atomic mass is 35.5. The lowest BCUT2D eigenvalue weighted by Crippen LogP contribution is -2.02. The van der Waals surface area contributed by atoms with Crippen molar-refractivity contribution in [1.82, 2.24) is 4.98 Å². The first-order valence-corrected chi connectivity index (χ1v) is 5.60. The topological polar surface area (TPSA) is 50.2 Å². The van der Waals surface area contributed by atoms with Gasteiger partial charge in [-0.2, -0.15) is 0 Å². The number of pyridine rings is 1. The third-order valence-electron chi connectivity index (χ3n) is 2.25. The lowest BCUT2D eigenvalue weighted by atomic mass is 10.1. The van der Waals surface area contributed by atoms with E-state index in [1.165, 1.54) is 12.1 Å². The van der Waals surface area contributed by atoms with Crippen molar-refractivity contribution in [3.05, 3.63) is 51.9 Å². The Morgan fingerprint density at radius 3 is 2.61 bits per heavy atom. The van der Waals surface area contributed by atoms with Gasteiger partial charge in [-0.1, -0.05) is 23.2 Å². The molecule has 1 aromatic carbocycles. The number of halogens is 3. The minimum absolute atomic E-state index is 0.137. The molecule has 0 saturated carbocycles. The SMILES string of the molecule is O=C(O)c1ccc(F)c(-c2cc(Cl)ccc2Cl)n1. The van der Waals surface area contributed by atoms with E-state index in [2.05, 4.69) is 4.98 Å². The summed E-state index contributed by atoms with van der Waals surface area (Å²) in [6, 6.07) is 6.59. The molecule has 0 amide bonds. The van der Waals surface area contributed by atoms with Crippen LogP contribution in [-0.2, 0) is 0 Å². The van der Waals surface area contributed by atoms with E-state index < -0.39 is 11.8 Å². The van der Waals surface area contributed by atoms with Crippen LogP contribution in [0.4, 0.5) is 4.39 Å². The quantitative estimate of drug-likeness (QED) is 0.911. The molecule has 1 aromatic heterocycles. The molecule has 0 atom stereocenters. The largest absolute Gasteiger partial charge is 0.477 e. The Kier molecular flexibility index (Phi) is 3.50. The first-order chi connectivity index (χ1) is 8.49. The van der Waals surface area contributed by atoms with Gasteiger partial charge in [0.2, 0.25) is 0 Å². The van der Waals surface area contributed by atoms with E-state index in [0.29, 0.717) is 5.02 Å². The summed E-state index contributed by atoms with van der Waals surface area (Å²) < 4.78 is 13.7. The van der Waals surface area contributed by atoms with Crippen molar-refractivity contribution in [3.63, 3.8) is 0 Å². The van der Waals surface area contributed by atoms with E-state index >= 15 is 0 Å². The average Bonchev–Trinajstić information content (AvgIpc) is 2.33. The van der Waals surface area contributed by atoms with E-state index in [1.807, 2.05) is 0 Å². The van der Waals surface area contributed by atoms with Crippen LogP contribution in [0.1, 0.15) is 10.5 Å². The van der Waals surface area contributed by atoms with E-state index in [0.717, 1.165) is 12.1 Å². The van der Waals surface area contributed by atoms with Crippen molar-refractivity contribution in [3.8, 4) is 11.3 Å². The standard InChI is InChI=1S/C12H6Cl2FNO2/c13-6-1-2-8(14)7(5-6)11-9(15)3-4-10(16-11)12(17)18/h1-5H,(H,17,18). The Balaban J connectivity index is 2.66. The molecule has 92 valence electrons. The Labute approximate surface area is 112 Å². The zero-order valence-electron chi connectivity index (χ0n) is 8.82. The van der Waals surface area contributed by atoms with Crippen LogP contribution >= 0.6 is 23.2 Å². The lowest BCUT2D eigenvalue weighted by Gasteiger charge is -2.06. The van der Waals surface area contributed by atoms with Crippen molar-refractivity contribution in [2.45, 2.75) is 0 Å². The van der Waals surface area contributed by atoms with Crippen molar-refractivity contribution in [2.75, 3.05) is 0 Å². The average molecular weight is 286 g/mol. The molecule has 0 saturated heterocycles. The Morgan fingerprint density at radius 1 is 1.22 bits per heavy atom. The summed E-state index contributed by atoms with van der Waals surface area (Å²) in [7, 11) is 0. The number of carboxylic acids is 1. The number of aromatic nitrogens is 1. The monoisotopic (exact) mass is 285 g/mol. The summed E-state index contributed by atoms with van der Waals surface area (Å²) >= 11 is 11.7. The summed E-state index contributed by atoms with van der Waals surface area (Å²) in [6.07, 6.45) is 0. The number of carbonyl (C=O) groups is 1. The first-order valence-electron chi connectivity index (χ1n) is 4.84. The summed E-state index contributed by atoms with van der Waals surface area (Å²) in [5, 5.41) is 9.43. The van der Waals surface area contributed by atoms with Gasteiger partial charge in [-0.15, -0.1) is 0 Å². The number of aromatic carboxylic acids is 1. The zero-order valence-corrected chi connectivity index (χ0v) is 10.3. The highest BCUT2D eigenvalue weighted by Gasteiger charge is 2.14. The van der Waals surface area contributed by atoms with Crippen LogP contribution < -0.4 is 0 Å². The van der Waals surface area contributed by atoms with Crippen LogP contribution in [-0.4, -0.2) is 16.1 Å². The van der Waals surface area contributed by atoms with Gasteiger partial charge in [-0.05, 0) is 30.3 Å². The molecule has 0 spiro atoms. The van der Waals surface area contributed by atoms with Crippen molar-refractivity contribution in [1.29, 1.82) is 0 Å². The molecule has 0 aliphatic rings. The molecule has 2 aromatic rings.